The van der Waals surface area contributed by atoms with Crippen LogP contribution in [-0.2, 0) is 16.1 Å². The van der Waals surface area contributed by atoms with Crippen molar-refractivity contribution in [1.82, 2.24) is 9.13 Å². The molecule has 0 bridgehead atoms. The van der Waals surface area contributed by atoms with E-state index in [1.165, 1.54) is 16.9 Å². The first-order valence-corrected chi connectivity index (χ1v) is 13.5. The number of esters is 1. The van der Waals surface area contributed by atoms with Crippen molar-refractivity contribution in [3.05, 3.63) is 102 Å². The Kier molecular flexibility index (Phi) is 6.73. The van der Waals surface area contributed by atoms with Gasteiger partial charge in [-0.1, -0.05) is 67.6 Å². The molecular formula is C30H31N3O3S. The summed E-state index contributed by atoms with van der Waals surface area (Å²) >= 11 is 1.35. The van der Waals surface area contributed by atoms with E-state index in [-0.39, 0.29) is 12.2 Å². The van der Waals surface area contributed by atoms with E-state index in [2.05, 4.69) is 55.8 Å². The van der Waals surface area contributed by atoms with E-state index in [0.29, 0.717) is 26.5 Å². The fourth-order valence-corrected chi connectivity index (χ4v) is 6.00. The molecule has 0 N–H and O–H groups in total. The lowest BCUT2D eigenvalue weighted by molar-refractivity contribution is -0.139. The van der Waals surface area contributed by atoms with Gasteiger partial charge in [0.05, 0.1) is 28.5 Å². The minimum atomic E-state index is -0.601. The van der Waals surface area contributed by atoms with Gasteiger partial charge in [0.1, 0.15) is 0 Å². The van der Waals surface area contributed by atoms with Gasteiger partial charge in [-0.25, -0.2) is 9.79 Å². The predicted molar refractivity (Wildman–Crippen MR) is 149 cm³/mol. The van der Waals surface area contributed by atoms with Crippen LogP contribution in [-0.4, -0.2) is 21.7 Å². The Bertz CT molecular complexity index is 1700. The molecule has 3 heterocycles. The molecule has 1 atom stereocenters. The molecule has 1 unspecified atom stereocenters. The molecule has 0 saturated carbocycles. The molecule has 37 heavy (non-hydrogen) atoms. The second kappa shape index (κ2) is 9.98. The van der Waals surface area contributed by atoms with E-state index < -0.39 is 12.0 Å². The first-order chi connectivity index (χ1) is 17.8. The Morgan fingerprint density at radius 2 is 1.86 bits per heavy atom. The van der Waals surface area contributed by atoms with Crippen LogP contribution in [0.4, 0.5) is 0 Å². The zero-order valence-electron chi connectivity index (χ0n) is 21.8. The number of ether oxygens (including phenoxy) is 1. The number of carbonyl (C=O) groups excluding carboxylic acids is 1. The number of carbonyl (C=O) groups is 1. The maximum absolute atomic E-state index is 13.9. The van der Waals surface area contributed by atoms with E-state index in [1.54, 1.807) is 11.5 Å². The monoisotopic (exact) mass is 513 g/mol. The Morgan fingerprint density at radius 1 is 1.14 bits per heavy atom. The van der Waals surface area contributed by atoms with Gasteiger partial charge in [-0.15, -0.1) is 0 Å². The zero-order chi connectivity index (χ0) is 26.3. The number of thiazole rings is 1. The number of aromatic nitrogens is 2. The lowest BCUT2D eigenvalue weighted by Crippen LogP contribution is -2.39. The van der Waals surface area contributed by atoms with Crippen molar-refractivity contribution in [2.24, 2.45) is 4.99 Å². The summed E-state index contributed by atoms with van der Waals surface area (Å²) in [6.45, 7) is 11.1. The molecule has 0 amide bonds. The number of fused-ring (bicyclic) bond motifs is 2. The third-order valence-corrected chi connectivity index (χ3v) is 7.87. The van der Waals surface area contributed by atoms with Crippen LogP contribution >= 0.6 is 11.3 Å². The van der Waals surface area contributed by atoms with Gasteiger partial charge in [0.15, 0.2) is 4.80 Å². The second-order valence-electron chi connectivity index (χ2n) is 9.51. The average molecular weight is 514 g/mol. The molecule has 0 aliphatic carbocycles. The summed E-state index contributed by atoms with van der Waals surface area (Å²) < 4.78 is 9.82. The van der Waals surface area contributed by atoms with Gasteiger partial charge in [-0.05, 0) is 50.0 Å². The molecule has 0 saturated heterocycles. The summed E-state index contributed by atoms with van der Waals surface area (Å²) in [5.41, 5.74) is 4.99. The number of aryl methyl sites for hydroxylation is 1. The topological polar surface area (TPSA) is 65.6 Å². The highest BCUT2D eigenvalue weighted by Crippen LogP contribution is 2.31. The third-order valence-electron chi connectivity index (χ3n) is 6.88. The van der Waals surface area contributed by atoms with Crippen molar-refractivity contribution in [3.8, 4) is 0 Å². The maximum atomic E-state index is 13.9. The Hall–Kier alpha value is -3.71. The van der Waals surface area contributed by atoms with Gasteiger partial charge in [0, 0.05) is 29.2 Å². The van der Waals surface area contributed by atoms with Gasteiger partial charge >= 0.3 is 5.97 Å². The number of rotatable bonds is 6. The van der Waals surface area contributed by atoms with Crippen molar-refractivity contribution < 1.29 is 9.53 Å². The van der Waals surface area contributed by atoms with Crippen molar-refractivity contribution in [2.75, 3.05) is 6.61 Å². The van der Waals surface area contributed by atoms with Crippen LogP contribution in [0.5, 0.6) is 0 Å². The van der Waals surface area contributed by atoms with E-state index in [1.807, 2.05) is 37.3 Å². The molecule has 4 aromatic rings. The summed E-state index contributed by atoms with van der Waals surface area (Å²) in [6, 6.07) is 15.7. The van der Waals surface area contributed by atoms with Crippen LogP contribution in [0.25, 0.3) is 17.0 Å². The molecule has 0 spiro atoms. The molecule has 1 aliphatic heterocycles. The molecule has 7 heteroatoms. The number of allylic oxidation sites excluding steroid dienone is 1. The molecule has 190 valence electrons. The summed E-state index contributed by atoms with van der Waals surface area (Å²) in [5.74, 6) is -0.0647. The quantitative estimate of drug-likeness (QED) is 0.345. The second-order valence-corrected chi connectivity index (χ2v) is 10.5. The van der Waals surface area contributed by atoms with Crippen LogP contribution < -0.4 is 14.9 Å². The van der Waals surface area contributed by atoms with Gasteiger partial charge in [0.25, 0.3) is 5.56 Å². The van der Waals surface area contributed by atoms with Crippen molar-refractivity contribution in [2.45, 2.75) is 53.1 Å². The molecular weight excluding hydrogens is 482 g/mol. The van der Waals surface area contributed by atoms with Gasteiger partial charge in [-0.3, -0.25) is 9.36 Å². The lowest BCUT2D eigenvalue weighted by atomic mass is 9.93. The Labute approximate surface area is 219 Å². The van der Waals surface area contributed by atoms with Crippen LogP contribution in [0.2, 0.25) is 0 Å². The van der Waals surface area contributed by atoms with Crippen molar-refractivity contribution >= 4 is 34.3 Å². The largest absolute Gasteiger partial charge is 0.463 e. The maximum Gasteiger partial charge on any atom is 0.338 e. The molecule has 1 aliphatic rings. The number of hydrogen-bond acceptors (Lipinski definition) is 5. The molecule has 2 aromatic heterocycles. The van der Waals surface area contributed by atoms with Gasteiger partial charge in [-0.2, -0.15) is 0 Å². The zero-order valence-corrected chi connectivity index (χ0v) is 22.6. The fraction of sp³-hybridized carbons (Fsp3) is 0.300. The van der Waals surface area contributed by atoms with Gasteiger partial charge in [0.2, 0.25) is 0 Å². The lowest BCUT2D eigenvalue weighted by Gasteiger charge is -2.25. The van der Waals surface area contributed by atoms with Crippen molar-refractivity contribution in [3.63, 3.8) is 0 Å². The van der Waals surface area contributed by atoms with Crippen LogP contribution in [0, 0.1) is 0 Å². The Balaban J connectivity index is 1.73. The first kappa shape index (κ1) is 25.0. The van der Waals surface area contributed by atoms with Crippen molar-refractivity contribution in [1.29, 1.82) is 0 Å². The Morgan fingerprint density at radius 3 is 2.54 bits per heavy atom. The average Bonchev–Trinajstić information content (AvgIpc) is 3.40. The number of para-hydroxylation sites is 1. The third kappa shape index (κ3) is 4.37. The van der Waals surface area contributed by atoms with E-state index in [0.717, 1.165) is 28.6 Å². The number of benzene rings is 2. The van der Waals surface area contributed by atoms with E-state index in [4.69, 9.17) is 9.73 Å². The highest BCUT2D eigenvalue weighted by Gasteiger charge is 2.33. The molecule has 6 nitrogen and oxygen atoms in total. The number of nitrogens with zero attached hydrogens (tertiary/aromatic N) is 3. The smallest absolute Gasteiger partial charge is 0.338 e. The highest BCUT2D eigenvalue weighted by atomic mass is 32.1. The summed E-state index contributed by atoms with van der Waals surface area (Å²) in [4.78, 5) is 32.3. The normalized spacial score (nSPS) is 15.8. The fourth-order valence-electron chi connectivity index (χ4n) is 4.96. The molecule has 5 rings (SSSR count). The first-order valence-electron chi connectivity index (χ1n) is 12.7. The number of hydrogen-bond donors (Lipinski definition) is 0. The predicted octanol–water partition coefficient (Wildman–Crippen LogP) is 4.90. The van der Waals surface area contributed by atoms with Crippen LogP contribution in [0.15, 0.2) is 75.8 Å². The van der Waals surface area contributed by atoms with Gasteiger partial charge < -0.3 is 9.30 Å². The standard InChI is InChI=1S/C30H31N3O3S/c1-6-32-17-22(23-10-8-9-11-24(23)32)16-25-28(34)33-27(21-14-12-20(13-15-21)18(3)4)26(29(35)36-7-2)19(5)31-30(33)37-25/h8-18,27H,6-7H2,1-5H3. The SMILES string of the molecule is CCOC(=O)C1=C(C)N=c2sc(=Cc3cn(CC)c4ccccc34)c(=O)n2C1c1ccc(C(C)C)cc1. The van der Waals surface area contributed by atoms with Crippen LogP contribution in [0.3, 0.4) is 0 Å². The molecule has 0 radical (unpaired) electrons. The van der Waals surface area contributed by atoms with Crippen LogP contribution in [0.1, 0.15) is 63.3 Å². The summed E-state index contributed by atoms with van der Waals surface area (Å²) in [7, 11) is 0. The summed E-state index contributed by atoms with van der Waals surface area (Å²) in [6.07, 6.45) is 4.03. The molecule has 2 aromatic carbocycles. The van der Waals surface area contributed by atoms with E-state index in [9.17, 15) is 9.59 Å². The summed E-state index contributed by atoms with van der Waals surface area (Å²) in [5, 5.41) is 1.10. The minimum Gasteiger partial charge on any atom is -0.463 e. The van der Waals surface area contributed by atoms with E-state index >= 15 is 0 Å². The molecule has 0 fully saturated rings. The highest BCUT2D eigenvalue weighted by molar-refractivity contribution is 7.07. The minimum absolute atomic E-state index is 0.163.